The molecule has 0 aliphatic carbocycles. The Balaban J connectivity index is 2.42. The molecular weight excluding hydrogens is 306 g/mol. The maximum Gasteiger partial charge on any atom is 0.260 e. The van der Waals surface area contributed by atoms with Gasteiger partial charge in [-0.15, -0.1) is 23.7 Å². The van der Waals surface area contributed by atoms with Crippen LogP contribution in [-0.2, 0) is 10.0 Å². The SMILES string of the molecule is C#CCC(CC)NS(=O)(=O)c1c(Cl)nc2sccn12. The van der Waals surface area contributed by atoms with Crippen LogP contribution >= 0.6 is 22.9 Å². The molecule has 2 heterocycles. The van der Waals surface area contributed by atoms with E-state index in [1.807, 2.05) is 6.92 Å². The highest BCUT2D eigenvalue weighted by Crippen LogP contribution is 2.25. The highest BCUT2D eigenvalue weighted by atomic mass is 35.5. The van der Waals surface area contributed by atoms with Crippen molar-refractivity contribution in [2.75, 3.05) is 0 Å². The Hall–Kier alpha value is -1.07. The molecule has 0 saturated heterocycles. The average molecular weight is 318 g/mol. The van der Waals surface area contributed by atoms with Crippen LogP contribution in [0.4, 0.5) is 0 Å². The second kappa shape index (κ2) is 5.51. The van der Waals surface area contributed by atoms with Crippen molar-refractivity contribution in [2.45, 2.75) is 30.8 Å². The first-order valence-corrected chi connectivity index (χ1v) is 8.30. The topological polar surface area (TPSA) is 63.5 Å². The molecule has 2 rings (SSSR count). The number of fused-ring (bicyclic) bond motifs is 1. The second-order valence-electron chi connectivity index (χ2n) is 3.90. The summed E-state index contributed by atoms with van der Waals surface area (Å²) in [5, 5.41) is 1.67. The van der Waals surface area contributed by atoms with Gasteiger partial charge in [0.25, 0.3) is 10.0 Å². The lowest BCUT2D eigenvalue weighted by Gasteiger charge is -2.14. The van der Waals surface area contributed by atoms with E-state index in [9.17, 15) is 8.42 Å². The molecule has 0 amide bonds. The van der Waals surface area contributed by atoms with Gasteiger partial charge in [0.1, 0.15) is 0 Å². The fraction of sp³-hybridized carbons (Fsp3) is 0.364. The predicted molar refractivity (Wildman–Crippen MR) is 75.9 cm³/mol. The van der Waals surface area contributed by atoms with E-state index in [0.717, 1.165) is 0 Å². The highest BCUT2D eigenvalue weighted by Gasteiger charge is 2.26. The zero-order valence-electron chi connectivity index (χ0n) is 10.1. The van der Waals surface area contributed by atoms with Crippen molar-refractivity contribution in [1.29, 1.82) is 0 Å². The van der Waals surface area contributed by atoms with Gasteiger partial charge in [0.2, 0.25) is 0 Å². The number of hydrogen-bond donors (Lipinski definition) is 1. The zero-order valence-corrected chi connectivity index (χ0v) is 12.5. The summed E-state index contributed by atoms with van der Waals surface area (Å²) in [4.78, 5) is 4.54. The molecular formula is C11H12ClN3O2S2. The summed E-state index contributed by atoms with van der Waals surface area (Å²) in [7, 11) is -3.75. The third-order valence-corrected chi connectivity index (χ3v) is 5.29. The normalized spacial score (nSPS) is 13.5. The van der Waals surface area contributed by atoms with E-state index >= 15 is 0 Å². The standard InChI is InChI=1S/C11H12ClN3O2S2/c1-3-5-8(4-2)14-19(16,17)10-9(12)13-11-15(10)6-7-18-11/h1,6-8,14H,4-5H2,2H3. The van der Waals surface area contributed by atoms with Crippen molar-refractivity contribution in [2.24, 2.45) is 0 Å². The smallest absolute Gasteiger partial charge is 0.260 e. The first kappa shape index (κ1) is 14.3. The van der Waals surface area contributed by atoms with Crippen LogP contribution in [-0.4, -0.2) is 23.8 Å². The van der Waals surface area contributed by atoms with Gasteiger partial charge >= 0.3 is 0 Å². The molecule has 0 aliphatic rings. The minimum atomic E-state index is -3.75. The number of aromatic nitrogens is 2. The Morgan fingerprint density at radius 3 is 3.05 bits per heavy atom. The van der Waals surface area contributed by atoms with Gasteiger partial charge in [-0.25, -0.2) is 18.1 Å². The van der Waals surface area contributed by atoms with Crippen molar-refractivity contribution in [3.8, 4) is 12.3 Å². The van der Waals surface area contributed by atoms with Gasteiger partial charge in [-0.3, -0.25) is 4.40 Å². The third-order valence-electron chi connectivity index (χ3n) is 2.61. The van der Waals surface area contributed by atoms with Crippen molar-refractivity contribution in [3.05, 3.63) is 16.7 Å². The fourth-order valence-corrected chi connectivity index (χ4v) is 4.44. The molecule has 102 valence electrons. The van der Waals surface area contributed by atoms with Crippen molar-refractivity contribution in [3.63, 3.8) is 0 Å². The number of rotatable bonds is 5. The second-order valence-corrected chi connectivity index (χ2v) is 6.76. The molecule has 2 aromatic heterocycles. The molecule has 0 fully saturated rings. The zero-order chi connectivity index (χ0) is 14.0. The molecule has 2 aromatic rings. The summed E-state index contributed by atoms with van der Waals surface area (Å²) in [6.45, 7) is 1.86. The van der Waals surface area contributed by atoms with E-state index < -0.39 is 10.0 Å². The molecule has 1 N–H and O–H groups in total. The monoisotopic (exact) mass is 317 g/mol. The van der Waals surface area contributed by atoms with Gasteiger partial charge in [-0.1, -0.05) is 18.5 Å². The largest absolute Gasteiger partial charge is 0.279 e. The Kier molecular flexibility index (Phi) is 4.16. The third kappa shape index (κ3) is 2.77. The summed E-state index contributed by atoms with van der Waals surface area (Å²) in [5.41, 5.74) is 0. The number of nitrogens with one attached hydrogen (secondary N) is 1. The van der Waals surface area contributed by atoms with Crippen LogP contribution in [0, 0.1) is 12.3 Å². The number of halogens is 1. The average Bonchev–Trinajstić information content (AvgIpc) is 2.87. The van der Waals surface area contributed by atoms with Crippen molar-refractivity contribution < 1.29 is 8.42 Å². The Morgan fingerprint density at radius 2 is 2.42 bits per heavy atom. The summed E-state index contributed by atoms with van der Waals surface area (Å²) in [5.74, 6) is 2.45. The lowest BCUT2D eigenvalue weighted by atomic mass is 10.2. The molecule has 0 aromatic carbocycles. The summed E-state index contributed by atoms with van der Waals surface area (Å²) in [6, 6.07) is -0.310. The summed E-state index contributed by atoms with van der Waals surface area (Å²) in [6.07, 6.45) is 7.78. The van der Waals surface area contributed by atoms with Crippen molar-refractivity contribution >= 4 is 37.9 Å². The molecule has 8 heteroatoms. The van der Waals surface area contributed by atoms with Crippen LogP contribution in [0.25, 0.3) is 4.96 Å². The lowest BCUT2D eigenvalue weighted by molar-refractivity contribution is 0.540. The quantitative estimate of drug-likeness (QED) is 0.859. The Labute approximate surface area is 120 Å². The Bertz CT molecular complexity index is 727. The van der Waals surface area contributed by atoms with Crippen molar-refractivity contribution in [1.82, 2.24) is 14.1 Å². The van der Waals surface area contributed by atoms with E-state index in [1.54, 1.807) is 11.6 Å². The number of sulfonamides is 1. The van der Waals surface area contributed by atoms with Crippen LogP contribution in [0.15, 0.2) is 16.6 Å². The molecule has 1 unspecified atom stereocenters. The van der Waals surface area contributed by atoms with E-state index in [4.69, 9.17) is 18.0 Å². The fourth-order valence-electron chi connectivity index (χ4n) is 1.67. The summed E-state index contributed by atoms with van der Waals surface area (Å²) >= 11 is 7.23. The number of thiazole rings is 1. The van der Waals surface area contributed by atoms with Gasteiger partial charge < -0.3 is 0 Å². The summed E-state index contributed by atoms with van der Waals surface area (Å²) < 4.78 is 28.7. The molecule has 0 saturated carbocycles. The Morgan fingerprint density at radius 1 is 1.68 bits per heavy atom. The number of imidazole rings is 1. The molecule has 0 radical (unpaired) electrons. The minimum absolute atomic E-state index is 0.0325. The molecule has 5 nitrogen and oxygen atoms in total. The minimum Gasteiger partial charge on any atom is -0.279 e. The van der Waals surface area contributed by atoms with Crippen LogP contribution < -0.4 is 4.72 Å². The molecule has 0 aliphatic heterocycles. The number of nitrogens with zero attached hydrogens (tertiary/aromatic N) is 2. The molecule has 1 atom stereocenters. The van der Waals surface area contributed by atoms with Crippen LogP contribution in [0.2, 0.25) is 5.15 Å². The van der Waals surface area contributed by atoms with Gasteiger partial charge in [0.15, 0.2) is 15.1 Å². The van der Waals surface area contributed by atoms with E-state index in [1.165, 1.54) is 15.7 Å². The molecule has 0 spiro atoms. The first-order valence-electron chi connectivity index (χ1n) is 5.56. The van der Waals surface area contributed by atoms with Gasteiger partial charge in [0, 0.05) is 24.0 Å². The highest BCUT2D eigenvalue weighted by molar-refractivity contribution is 7.89. The maximum atomic E-state index is 12.3. The van der Waals surface area contributed by atoms with Crippen LogP contribution in [0.1, 0.15) is 19.8 Å². The van der Waals surface area contributed by atoms with Crippen LogP contribution in [0.5, 0.6) is 0 Å². The van der Waals surface area contributed by atoms with E-state index in [2.05, 4.69) is 15.6 Å². The molecule has 0 bridgehead atoms. The number of terminal acetylenes is 1. The van der Waals surface area contributed by atoms with E-state index in [-0.39, 0.29) is 16.2 Å². The van der Waals surface area contributed by atoms with E-state index in [0.29, 0.717) is 17.8 Å². The van der Waals surface area contributed by atoms with Gasteiger partial charge in [0.05, 0.1) is 0 Å². The van der Waals surface area contributed by atoms with Crippen LogP contribution in [0.3, 0.4) is 0 Å². The lowest BCUT2D eigenvalue weighted by Crippen LogP contribution is -2.34. The van der Waals surface area contributed by atoms with Gasteiger partial charge in [-0.05, 0) is 6.42 Å². The molecule has 19 heavy (non-hydrogen) atoms. The predicted octanol–water partition coefficient (Wildman–Crippen LogP) is 2.13. The van der Waals surface area contributed by atoms with Gasteiger partial charge in [-0.2, -0.15) is 0 Å². The maximum absolute atomic E-state index is 12.3. The first-order chi connectivity index (χ1) is 8.99. The number of hydrogen-bond acceptors (Lipinski definition) is 4.